The molecule has 0 unspecified atom stereocenters. The van der Waals surface area contributed by atoms with E-state index < -0.39 is 0 Å². The smallest absolute Gasteiger partial charge is 0.279 e. The van der Waals surface area contributed by atoms with E-state index in [0.29, 0.717) is 16.5 Å². The Bertz CT molecular complexity index is 1280. The molecule has 1 amide bonds. The normalized spacial score (nSPS) is 11.0. The van der Waals surface area contributed by atoms with Crippen LogP contribution < -0.4 is 5.32 Å². The van der Waals surface area contributed by atoms with Crippen LogP contribution in [0, 0.1) is 27.7 Å². The minimum absolute atomic E-state index is 0.291. The second-order valence-electron chi connectivity index (χ2n) is 7.49. The van der Waals surface area contributed by atoms with Crippen molar-refractivity contribution in [3.8, 4) is 5.69 Å². The van der Waals surface area contributed by atoms with Gasteiger partial charge >= 0.3 is 0 Å². The number of amides is 1. The van der Waals surface area contributed by atoms with Crippen LogP contribution in [-0.4, -0.2) is 25.9 Å². The third kappa shape index (κ3) is 4.60. The lowest BCUT2D eigenvalue weighted by atomic mass is 10.1. The maximum absolute atomic E-state index is 12.9. The van der Waals surface area contributed by atoms with E-state index in [0.717, 1.165) is 32.7 Å². The van der Waals surface area contributed by atoms with Crippen molar-refractivity contribution in [2.24, 2.45) is 0 Å². The number of hydrogen-bond acceptors (Lipinski definition) is 5. The molecule has 2 heterocycles. The predicted octanol–water partition coefficient (Wildman–Crippen LogP) is 5.56. The van der Waals surface area contributed by atoms with Gasteiger partial charge in [0.1, 0.15) is 0 Å². The third-order valence-corrected chi connectivity index (χ3v) is 6.78. The fourth-order valence-corrected chi connectivity index (χ4v) is 4.71. The molecule has 0 radical (unpaired) electrons. The van der Waals surface area contributed by atoms with Gasteiger partial charge in [0.05, 0.1) is 17.1 Å². The molecule has 8 heteroatoms. The van der Waals surface area contributed by atoms with Crippen molar-refractivity contribution in [3.63, 3.8) is 0 Å². The van der Waals surface area contributed by atoms with E-state index in [1.165, 1.54) is 22.5 Å². The number of carbonyl (C=O) groups is 1. The van der Waals surface area contributed by atoms with Crippen LogP contribution in [0.1, 0.15) is 43.4 Å². The summed E-state index contributed by atoms with van der Waals surface area (Å²) in [5.41, 5.74) is 6.32. The number of carbonyl (C=O) groups excluding carboxylic acids is 1. The summed E-state index contributed by atoms with van der Waals surface area (Å²) < 4.78 is 2.73. The molecular formula is C23H22BrN5OS. The van der Waals surface area contributed by atoms with Gasteiger partial charge in [0.2, 0.25) is 0 Å². The highest BCUT2D eigenvalue weighted by molar-refractivity contribution is 9.10. The highest BCUT2D eigenvalue weighted by Gasteiger charge is 2.19. The van der Waals surface area contributed by atoms with Crippen LogP contribution in [0.15, 0.2) is 46.9 Å². The van der Waals surface area contributed by atoms with Crippen LogP contribution >= 0.6 is 27.3 Å². The minimum Gasteiger partial charge on any atom is -0.296 e. The highest BCUT2D eigenvalue weighted by atomic mass is 79.9. The molecule has 0 aliphatic carbocycles. The molecule has 158 valence electrons. The summed E-state index contributed by atoms with van der Waals surface area (Å²) in [6, 6.07) is 14.2. The number of benzene rings is 2. The Morgan fingerprint density at radius 3 is 2.65 bits per heavy atom. The monoisotopic (exact) mass is 495 g/mol. The van der Waals surface area contributed by atoms with Gasteiger partial charge in [-0.2, -0.15) is 0 Å². The lowest BCUT2D eigenvalue weighted by Gasteiger charge is -2.06. The van der Waals surface area contributed by atoms with Gasteiger partial charge in [-0.1, -0.05) is 39.3 Å². The van der Waals surface area contributed by atoms with Crippen LogP contribution in [0.2, 0.25) is 0 Å². The van der Waals surface area contributed by atoms with Gasteiger partial charge in [0.15, 0.2) is 10.8 Å². The lowest BCUT2D eigenvalue weighted by molar-refractivity contribution is 0.102. The molecule has 6 nitrogen and oxygen atoms in total. The zero-order valence-corrected chi connectivity index (χ0v) is 20.1. The van der Waals surface area contributed by atoms with Crippen molar-refractivity contribution in [2.45, 2.75) is 34.1 Å². The molecule has 0 fully saturated rings. The van der Waals surface area contributed by atoms with E-state index in [-0.39, 0.29) is 5.91 Å². The summed E-state index contributed by atoms with van der Waals surface area (Å²) in [5, 5.41) is 11.8. The van der Waals surface area contributed by atoms with Crippen molar-refractivity contribution >= 4 is 38.3 Å². The van der Waals surface area contributed by atoms with Gasteiger partial charge < -0.3 is 0 Å². The number of thiazole rings is 1. The number of nitrogens with zero attached hydrogens (tertiary/aromatic N) is 4. The minimum atomic E-state index is -0.310. The van der Waals surface area contributed by atoms with Gasteiger partial charge in [0, 0.05) is 15.8 Å². The lowest BCUT2D eigenvalue weighted by Crippen LogP contribution is -2.14. The first kappa shape index (κ1) is 21.4. The molecule has 0 spiro atoms. The number of rotatable bonds is 5. The van der Waals surface area contributed by atoms with E-state index in [1.54, 1.807) is 4.68 Å². The molecule has 0 saturated carbocycles. The maximum Gasteiger partial charge on any atom is 0.279 e. The summed E-state index contributed by atoms with van der Waals surface area (Å²) in [6.45, 7) is 7.92. The summed E-state index contributed by atoms with van der Waals surface area (Å²) in [4.78, 5) is 18.5. The Balaban J connectivity index is 1.52. The van der Waals surface area contributed by atoms with E-state index in [9.17, 15) is 4.79 Å². The first-order valence-corrected chi connectivity index (χ1v) is 11.4. The van der Waals surface area contributed by atoms with E-state index >= 15 is 0 Å². The molecule has 0 bridgehead atoms. The summed E-state index contributed by atoms with van der Waals surface area (Å²) in [7, 11) is 0. The highest BCUT2D eigenvalue weighted by Crippen LogP contribution is 2.27. The molecule has 0 saturated heterocycles. The van der Waals surface area contributed by atoms with Crippen molar-refractivity contribution in [1.29, 1.82) is 0 Å². The number of halogens is 1. The Labute approximate surface area is 193 Å². The van der Waals surface area contributed by atoms with Gasteiger partial charge in [-0.15, -0.1) is 16.4 Å². The predicted molar refractivity (Wildman–Crippen MR) is 127 cm³/mol. The summed E-state index contributed by atoms with van der Waals surface area (Å²) in [6.07, 6.45) is 0.765. The third-order valence-electron chi connectivity index (χ3n) is 5.21. The average molecular weight is 496 g/mol. The van der Waals surface area contributed by atoms with Crippen LogP contribution in [0.3, 0.4) is 0 Å². The Morgan fingerprint density at radius 1 is 1.10 bits per heavy atom. The molecule has 4 aromatic rings. The number of aromatic nitrogens is 4. The first-order chi connectivity index (χ1) is 14.8. The molecular weight excluding hydrogens is 474 g/mol. The summed E-state index contributed by atoms with van der Waals surface area (Å²) in [5.74, 6) is -0.310. The maximum atomic E-state index is 12.9. The zero-order chi connectivity index (χ0) is 22.1. The molecule has 2 aromatic heterocycles. The van der Waals surface area contributed by atoms with E-state index in [1.807, 2.05) is 44.2 Å². The second-order valence-corrected chi connectivity index (χ2v) is 9.49. The van der Waals surface area contributed by atoms with Crippen LogP contribution in [0.5, 0.6) is 0 Å². The Kier molecular flexibility index (Phi) is 6.02. The van der Waals surface area contributed by atoms with Crippen LogP contribution in [-0.2, 0) is 6.42 Å². The fourth-order valence-electron chi connectivity index (χ4n) is 3.28. The van der Waals surface area contributed by atoms with Gasteiger partial charge in [0.25, 0.3) is 5.91 Å². The van der Waals surface area contributed by atoms with Crippen molar-refractivity contribution in [2.75, 3.05) is 5.32 Å². The van der Waals surface area contributed by atoms with Crippen molar-refractivity contribution in [1.82, 2.24) is 20.0 Å². The molecule has 4 rings (SSSR count). The van der Waals surface area contributed by atoms with Gasteiger partial charge in [-0.3, -0.25) is 10.1 Å². The molecule has 31 heavy (non-hydrogen) atoms. The number of nitrogens with one attached hydrogen (secondary N) is 1. The number of anilines is 1. The molecule has 1 N–H and O–H groups in total. The number of aryl methyl sites for hydroxylation is 3. The molecule has 0 aliphatic rings. The summed E-state index contributed by atoms with van der Waals surface area (Å²) >= 11 is 4.99. The number of hydrogen-bond donors (Lipinski definition) is 1. The van der Waals surface area contributed by atoms with Gasteiger partial charge in [-0.05, 0) is 68.7 Å². The second kappa shape index (κ2) is 8.72. The fraction of sp³-hybridized carbons (Fsp3) is 0.217. The molecule has 0 atom stereocenters. The van der Waals surface area contributed by atoms with Crippen molar-refractivity contribution in [3.05, 3.63) is 85.6 Å². The zero-order valence-electron chi connectivity index (χ0n) is 17.7. The van der Waals surface area contributed by atoms with Crippen LogP contribution in [0.4, 0.5) is 5.13 Å². The average Bonchev–Trinajstić information content (AvgIpc) is 3.26. The van der Waals surface area contributed by atoms with Gasteiger partial charge in [-0.25, -0.2) is 9.67 Å². The topological polar surface area (TPSA) is 72.7 Å². The molecule has 2 aromatic carbocycles. The largest absolute Gasteiger partial charge is 0.296 e. The van der Waals surface area contributed by atoms with Crippen LogP contribution in [0.25, 0.3) is 5.69 Å². The molecule has 0 aliphatic heterocycles. The SMILES string of the molecule is Cc1ccc(-n2nnc(C(=O)Nc3nc(C)c(Cc4cccc(Br)c4)s3)c2C)cc1C. The Hall–Kier alpha value is -2.84. The first-order valence-electron chi connectivity index (χ1n) is 9.84. The quantitative estimate of drug-likeness (QED) is 0.393. The van der Waals surface area contributed by atoms with Crippen molar-refractivity contribution < 1.29 is 4.79 Å². The standard InChI is InChI=1S/C23H22BrN5OS/c1-13-8-9-19(10-14(13)2)29-16(4)21(27-28-29)22(30)26-23-25-15(3)20(31-23)12-17-6-5-7-18(24)11-17/h5-11H,12H2,1-4H3,(H,25,26,30). The Morgan fingerprint density at radius 2 is 1.90 bits per heavy atom. The van der Waals surface area contributed by atoms with E-state index in [2.05, 4.69) is 62.5 Å². The van der Waals surface area contributed by atoms with E-state index in [4.69, 9.17) is 0 Å².